The van der Waals surface area contributed by atoms with Crippen molar-refractivity contribution < 1.29 is 17.6 Å². The van der Waals surface area contributed by atoms with E-state index in [-0.39, 0.29) is 23.1 Å². The van der Waals surface area contributed by atoms with Gasteiger partial charge in [-0.25, -0.2) is 17.9 Å². The molecule has 0 aliphatic heterocycles. The molecule has 2 rings (SSSR count). The molecule has 1 heterocycles. The minimum atomic E-state index is -3.68. The van der Waals surface area contributed by atoms with Crippen molar-refractivity contribution in [1.82, 2.24) is 9.29 Å². The summed E-state index contributed by atoms with van der Waals surface area (Å²) in [6.07, 6.45) is 0. The molecule has 1 aromatic heterocycles. The maximum absolute atomic E-state index is 12.2. The van der Waals surface area contributed by atoms with E-state index in [1.54, 1.807) is 13.0 Å². The van der Waals surface area contributed by atoms with Crippen LogP contribution in [0.15, 0.2) is 32.3 Å². The van der Waals surface area contributed by atoms with Crippen LogP contribution >= 0.6 is 0 Å². The molecule has 0 radical (unpaired) electrons. The quantitative estimate of drug-likeness (QED) is 0.856. The van der Waals surface area contributed by atoms with Gasteiger partial charge in [-0.1, -0.05) is 0 Å². The van der Waals surface area contributed by atoms with Crippen LogP contribution in [-0.2, 0) is 21.3 Å². The Kier molecular flexibility index (Phi) is 4.50. The molecule has 7 nitrogen and oxygen atoms in total. The third-order valence-electron chi connectivity index (χ3n) is 3.04. The average molecular weight is 314 g/mol. The van der Waals surface area contributed by atoms with Crippen LogP contribution in [0.3, 0.4) is 0 Å². The molecular formula is C13H18N2O5S. The van der Waals surface area contributed by atoms with Gasteiger partial charge in [-0.05, 0) is 26.0 Å². The Labute approximate surface area is 122 Å². The first-order chi connectivity index (χ1) is 9.89. The van der Waals surface area contributed by atoms with E-state index in [0.717, 1.165) is 0 Å². The number of ether oxygens (including phenoxy) is 1. The van der Waals surface area contributed by atoms with Crippen molar-refractivity contribution >= 4 is 21.1 Å². The number of oxazole rings is 1. The van der Waals surface area contributed by atoms with Gasteiger partial charge in [0.05, 0.1) is 17.0 Å². The van der Waals surface area contributed by atoms with E-state index in [2.05, 4.69) is 4.72 Å². The van der Waals surface area contributed by atoms with E-state index in [1.165, 1.54) is 23.8 Å². The summed E-state index contributed by atoms with van der Waals surface area (Å²) in [6, 6.07) is 4.01. The summed E-state index contributed by atoms with van der Waals surface area (Å²) in [7, 11) is -2.19. The highest BCUT2D eigenvalue weighted by atomic mass is 32.2. The van der Waals surface area contributed by atoms with Crippen LogP contribution in [0.4, 0.5) is 0 Å². The zero-order valence-corrected chi connectivity index (χ0v) is 12.9. The van der Waals surface area contributed by atoms with Crippen molar-refractivity contribution in [1.29, 1.82) is 0 Å². The molecule has 0 unspecified atom stereocenters. The Morgan fingerprint density at radius 3 is 2.76 bits per heavy atom. The van der Waals surface area contributed by atoms with Gasteiger partial charge in [0.15, 0.2) is 5.58 Å². The minimum absolute atomic E-state index is 0.0509. The molecule has 2 aromatic rings. The number of methoxy groups -OCH3 is 1. The molecule has 1 atom stereocenters. The number of sulfonamides is 1. The molecule has 0 aliphatic rings. The Morgan fingerprint density at radius 1 is 1.43 bits per heavy atom. The molecule has 1 aromatic carbocycles. The second kappa shape index (κ2) is 6.00. The third kappa shape index (κ3) is 3.17. The monoisotopic (exact) mass is 314 g/mol. The van der Waals surface area contributed by atoms with Crippen LogP contribution in [0, 0.1) is 0 Å². The molecule has 0 spiro atoms. The number of rotatable bonds is 6. The topological polar surface area (TPSA) is 90.5 Å². The molecule has 116 valence electrons. The molecule has 0 bridgehead atoms. The van der Waals surface area contributed by atoms with Crippen LogP contribution in [0.1, 0.15) is 13.8 Å². The van der Waals surface area contributed by atoms with Gasteiger partial charge in [0.1, 0.15) is 0 Å². The number of fused-ring (bicyclic) bond motifs is 1. The summed E-state index contributed by atoms with van der Waals surface area (Å²) < 4.78 is 38.4. The standard InChI is InChI=1S/C13H18N2O5S/c1-4-15-11-6-5-10(7-12(11)20-13(15)16)21(17,18)14-9(2)8-19-3/h5-7,9,14H,4,8H2,1-3H3/t9-/m1/s1. The fourth-order valence-corrected chi connectivity index (χ4v) is 3.37. The van der Waals surface area contributed by atoms with Crippen LogP contribution in [-0.4, -0.2) is 32.7 Å². The first kappa shape index (κ1) is 15.7. The zero-order valence-electron chi connectivity index (χ0n) is 12.1. The van der Waals surface area contributed by atoms with E-state index >= 15 is 0 Å². The Balaban J connectivity index is 2.41. The zero-order chi connectivity index (χ0) is 15.6. The molecule has 1 N–H and O–H groups in total. The predicted molar refractivity (Wildman–Crippen MR) is 77.8 cm³/mol. The number of hydrogen-bond acceptors (Lipinski definition) is 5. The summed E-state index contributed by atoms with van der Waals surface area (Å²) in [5.74, 6) is -0.497. The van der Waals surface area contributed by atoms with Gasteiger partial charge in [0.2, 0.25) is 10.0 Å². The average Bonchev–Trinajstić information content (AvgIpc) is 2.72. The molecular weight excluding hydrogens is 296 g/mol. The molecule has 0 aliphatic carbocycles. The number of nitrogens with zero attached hydrogens (tertiary/aromatic N) is 1. The second-order valence-electron chi connectivity index (χ2n) is 4.72. The van der Waals surface area contributed by atoms with Crippen LogP contribution in [0.2, 0.25) is 0 Å². The maximum Gasteiger partial charge on any atom is 0.419 e. The highest BCUT2D eigenvalue weighted by molar-refractivity contribution is 7.89. The SMILES string of the molecule is CCn1c(=O)oc2cc(S(=O)(=O)N[C@H](C)COC)ccc21. The van der Waals surface area contributed by atoms with Crippen molar-refractivity contribution in [2.45, 2.75) is 31.3 Å². The van der Waals surface area contributed by atoms with Crippen molar-refractivity contribution in [2.24, 2.45) is 0 Å². The highest BCUT2D eigenvalue weighted by Crippen LogP contribution is 2.18. The second-order valence-corrected chi connectivity index (χ2v) is 6.43. The predicted octanol–water partition coefficient (Wildman–Crippen LogP) is 0.928. The lowest BCUT2D eigenvalue weighted by Crippen LogP contribution is -2.35. The van der Waals surface area contributed by atoms with Crippen molar-refractivity contribution in [3.63, 3.8) is 0 Å². The Morgan fingerprint density at radius 2 is 2.14 bits per heavy atom. The van der Waals surface area contributed by atoms with E-state index in [0.29, 0.717) is 12.1 Å². The van der Waals surface area contributed by atoms with Crippen LogP contribution in [0.5, 0.6) is 0 Å². The summed E-state index contributed by atoms with van der Waals surface area (Å²) in [5, 5.41) is 0. The molecule has 0 saturated carbocycles. The maximum atomic E-state index is 12.2. The molecule has 8 heteroatoms. The highest BCUT2D eigenvalue weighted by Gasteiger charge is 2.19. The third-order valence-corrected chi connectivity index (χ3v) is 4.63. The number of nitrogens with one attached hydrogen (secondary N) is 1. The number of benzene rings is 1. The normalized spacial score (nSPS) is 13.7. The van der Waals surface area contributed by atoms with Gasteiger partial charge in [0.25, 0.3) is 0 Å². The van der Waals surface area contributed by atoms with Crippen molar-refractivity contribution in [3.05, 3.63) is 28.7 Å². The fraction of sp³-hybridized carbons (Fsp3) is 0.462. The summed E-state index contributed by atoms with van der Waals surface area (Å²) in [5.41, 5.74) is 0.829. The van der Waals surface area contributed by atoms with Gasteiger partial charge in [-0.3, -0.25) is 4.57 Å². The molecule has 0 fully saturated rings. The first-order valence-electron chi connectivity index (χ1n) is 6.53. The van der Waals surface area contributed by atoms with E-state index < -0.39 is 15.8 Å². The number of hydrogen-bond donors (Lipinski definition) is 1. The fourth-order valence-electron chi connectivity index (χ4n) is 2.13. The van der Waals surface area contributed by atoms with Gasteiger partial charge >= 0.3 is 5.76 Å². The van der Waals surface area contributed by atoms with Gasteiger partial charge < -0.3 is 9.15 Å². The summed E-state index contributed by atoms with van der Waals surface area (Å²) >= 11 is 0. The Bertz CT molecular complexity index is 790. The van der Waals surface area contributed by atoms with E-state index in [1.807, 2.05) is 6.92 Å². The number of aromatic nitrogens is 1. The molecule has 0 amide bonds. The summed E-state index contributed by atoms with van der Waals surface area (Å²) in [4.78, 5) is 11.7. The molecule has 21 heavy (non-hydrogen) atoms. The lowest BCUT2D eigenvalue weighted by molar-refractivity contribution is 0.180. The lowest BCUT2D eigenvalue weighted by atomic mass is 10.3. The minimum Gasteiger partial charge on any atom is -0.408 e. The first-order valence-corrected chi connectivity index (χ1v) is 8.02. The van der Waals surface area contributed by atoms with E-state index in [9.17, 15) is 13.2 Å². The van der Waals surface area contributed by atoms with Crippen LogP contribution < -0.4 is 10.5 Å². The molecule has 0 saturated heterocycles. The smallest absolute Gasteiger partial charge is 0.408 e. The lowest BCUT2D eigenvalue weighted by Gasteiger charge is -2.13. The van der Waals surface area contributed by atoms with Gasteiger partial charge in [0, 0.05) is 25.8 Å². The van der Waals surface area contributed by atoms with Crippen molar-refractivity contribution in [3.8, 4) is 0 Å². The van der Waals surface area contributed by atoms with E-state index in [4.69, 9.17) is 9.15 Å². The Hall–Kier alpha value is -1.64. The van der Waals surface area contributed by atoms with Gasteiger partial charge in [-0.15, -0.1) is 0 Å². The summed E-state index contributed by atoms with van der Waals surface area (Å²) in [6.45, 7) is 4.24. The number of aryl methyl sites for hydroxylation is 1. The van der Waals surface area contributed by atoms with Crippen molar-refractivity contribution in [2.75, 3.05) is 13.7 Å². The van der Waals surface area contributed by atoms with Crippen LogP contribution in [0.25, 0.3) is 11.1 Å². The largest absolute Gasteiger partial charge is 0.419 e. The van der Waals surface area contributed by atoms with Gasteiger partial charge in [-0.2, -0.15) is 0 Å².